The predicted molar refractivity (Wildman–Crippen MR) is 130 cm³/mol. The Morgan fingerprint density at radius 3 is 1.83 bits per heavy atom. The van der Waals surface area contributed by atoms with Gasteiger partial charge in [0, 0.05) is 6.42 Å². The molecule has 200 valence electrons. The van der Waals surface area contributed by atoms with Gasteiger partial charge in [-0.1, -0.05) is 39.8 Å². The third-order valence-corrected chi connectivity index (χ3v) is 5.31. The Hall–Kier alpha value is -3.67. The molecule has 0 fully saturated rings. The quantitative estimate of drug-likeness (QED) is 0.180. The van der Waals surface area contributed by atoms with E-state index in [0.717, 1.165) is 0 Å². The summed E-state index contributed by atoms with van der Waals surface area (Å²) < 4.78 is 0. The van der Waals surface area contributed by atoms with Crippen LogP contribution in [0.5, 0.6) is 5.75 Å². The maximum absolute atomic E-state index is 13.2. The summed E-state index contributed by atoms with van der Waals surface area (Å²) in [5, 5.41) is 35.3. The molecule has 0 aromatic heterocycles. The summed E-state index contributed by atoms with van der Waals surface area (Å²) in [6.45, 7) is 6.87. The molecular formula is C24H36N4O8. The number of nitrogens with one attached hydrogen (secondary N) is 3. The van der Waals surface area contributed by atoms with Crippen LogP contribution in [0.4, 0.5) is 0 Å². The van der Waals surface area contributed by atoms with Gasteiger partial charge in [0.05, 0.1) is 12.5 Å². The number of rotatable bonds is 14. The van der Waals surface area contributed by atoms with Gasteiger partial charge in [0.2, 0.25) is 17.7 Å². The van der Waals surface area contributed by atoms with E-state index in [1.54, 1.807) is 26.0 Å². The summed E-state index contributed by atoms with van der Waals surface area (Å²) in [5.41, 5.74) is 6.19. The highest BCUT2D eigenvalue weighted by molar-refractivity contribution is 5.94. The molecule has 0 saturated heterocycles. The number of amides is 3. The lowest BCUT2D eigenvalue weighted by Crippen LogP contribution is -2.58. The molecule has 8 N–H and O–H groups in total. The average Bonchev–Trinajstić information content (AvgIpc) is 2.76. The van der Waals surface area contributed by atoms with Gasteiger partial charge in [-0.25, -0.2) is 4.79 Å². The number of aliphatic carboxylic acids is 2. The van der Waals surface area contributed by atoms with Crippen molar-refractivity contribution in [3.8, 4) is 5.75 Å². The van der Waals surface area contributed by atoms with Gasteiger partial charge < -0.3 is 37.0 Å². The molecule has 0 saturated carbocycles. The number of nitrogens with two attached hydrogens (primary N) is 1. The molecule has 1 rings (SSSR count). The van der Waals surface area contributed by atoms with Crippen molar-refractivity contribution >= 4 is 29.7 Å². The molecule has 1 aromatic carbocycles. The number of hydrogen-bond acceptors (Lipinski definition) is 7. The molecule has 0 bridgehead atoms. The number of aromatic hydroxyl groups is 1. The van der Waals surface area contributed by atoms with Crippen molar-refractivity contribution in [2.75, 3.05) is 0 Å². The molecule has 36 heavy (non-hydrogen) atoms. The first kappa shape index (κ1) is 30.4. The van der Waals surface area contributed by atoms with Gasteiger partial charge in [0.1, 0.15) is 23.9 Å². The lowest BCUT2D eigenvalue weighted by Gasteiger charge is -2.26. The zero-order valence-electron chi connectivity index (χ0n) is 20.9. The van der Waals surface area contributed by atoms with Crippen molar-refractivity contribution < 1.29 is 39.3 Å². The zero-order chi connectivity index (χ0) is 27.6. The van der Waals surface area contributed by atoms with Crippen LogP contribution >= 0.6 is 0 Å². The minimum Gasteiger partial charge on any atom is -0.508 e. The summed E-state index contributed by atoms with van der Waals surface area (Å²) >= 11 is 0. The Labute approximate surface area is 209 Å². The van der Waals surface area contributed by atoms with E-state index >= 15 is 0 Å². The van der Waals surface area contributed by atoms with Crippen LogP contribution in [-0.4, -0.2) is 69.1 Å². The first-order chi connectivity index (χ1) is 16.7. The topological polar surface area (TPSA) is 208 Å². The van der Waals surface area contributed by atoms with E-state index in [2.05, 4.69) is 16.0 Å². The van der Waals surface area contributed by atoms with Crippen molar-refractivity contribution in [2.24, 2.45) is 17.6 Å². The minimum atomic E-state index is -1.37. The Kier molecular flexibility index (Phi) is 11.8. The second-order valence-electron chi connectivity index (χ2n) is 9.40. The predicted octanol–water partition coefficient (Wildman–Crippen LogP) is -0.0222. The van der Waals surface area contributed by atoms with Gasteiger partial charge in [-0.15, -0.1) is 0 Å². The molecule has 12 nitrogen and oxygen atoms in total. The van der Waals surface area contributed by atoms with E-state index < -0.39 is 66.2 Å². The molecule has 1 aromatic rings. The standard InChI is InChI=1S/C24H36N4O8/c1-12(2)9-17(26-21(32)16(25)11-19(30)31)22(33)27-18(10-14-5-7-15(29)8-6-14)23(34)28-20(13(3)4)24(35)36/h5-8,12-13,16-18,20,29H,9-11,25H2,1-4H3,(H,26,32)(H,27,33)(H,28,34)(H,30,31)(H,35,36)/t16-,17-,18-,20-/m0/s1. The first-order valence-electron chi connectivity index (χ1n) is 11.6. The highest BCUT2D eigenvalue weighted by Gasteiger charge is 2.32. The second kappa shape index (κ2) is 14.0. The van der Waals surface area contributed by atoms with Crippen molar-refractivity contribution in [1.82, 2.24) is 16.0 Å². The SMILES string of the molecule is CC(C)C[C@H](NC(=O)[C@@H](N)CC(=O)O)C(=O)N[C@@H](Cc1ccc(O)cc1)C(=O)N[C@H](C(=O)O)C(C)C. The molecule has 0 heterocycles. The molecular weight excluding hydrogens is 472 g/mol. The number of carboxylic acid groups (broad SMARTS) is 2. The summed E-state index contributed by atoms with van der Waals surface area (Å²) in [7, 11) is 0. The van der Waals surface area contributed by atoms with Crippen molar-refractivity contribution in [3.05, 3.63) is 29.8 Å². The summed E-state index contributed by atoms with van der Waals surface area (Å²) in [5.74, 6) is -5.27. The number of benzene rings is 1. The second-order valence-corrected chi connectivity index (χ2v) is 9.40. The third-order valence-electron chi connectivity index (χ3n) is 5.31. The number of phenolic OH excluding ortho intramolecular Hbond substituents is 1. The molecule has 3 amide bonds. The lowest BCUT2D eigenvalue weighted by atomic mass is 9.99. The fourth-order valence-corrected chi connectivity index (χ4v) is 3.38. The van der Waals surface area contributed by atoms with Crippen LogP contribution in [-0.2, 0) is 30.4 Å². The highest BCUT2D eigenvalue weighted by Crippen LogP contribution is 2.13. The van der Waals surface area contributed by atoms with E-state index in [-0.39, 0.29) is 24.5 Å². The molecule has 0 spiro atoms. The summed E-state index contributed by atoms with van der Waals surface area (Å²) in [6.07, 6.45) is -0.475. The molecule has 0 aliphatic carbocycles. The highest BCUT2D eigenvalue weighted by atomic mass is 16.4. The number of carboxylic acids is 2. The van der Waals surface area contributed by atoms with Crippen LogP contribution in [0.2, 0.25) is 0 Å². The van der Waals surface area contributed by atoms with Gasteiger partial charge >= 0.3 is 11.9 Å². The zero-order valence-corrected chi connectivity index (χ0v) is 20.9. The van der Waals surface area contributed by atoms with Crippen molar-refractivity contribution in [2.45, 2.75) is 71.1 Å². The number of carbonyl (C=O) groups excluding carboxylic acids is 3. The average molecular weight is 509 g/mol. The molecule has 4 atom stereocenters. The fraction of sp³-hybridized carbons (Fsp3) is 0.542. The van der Waals surface area contributed by atoms with Crippen molar-refractivity contribution in [1.29, 1.82) is 0 Å². The lowest BCUT2D eigenvalue weighted by molar-refractivity contribution is -0.143. The van der Waals surface area contributed by atoms with Crippen LogP contribution in [0.3, 0.4) is 0 Å². The van der Waals surface area contributed by atoms with Crippen LogP contribution in [0, 0.1) is 11.8 Å². The van der Waals surface area contributed by atoms with E-state index in [9.17, 15) is 34.2 Å². The molecule has 0 aliphatic rings. The van der Waals surface area contributed by atoms with E-state index in [0.29, 0.717) is 5.56 Å². The minimum absolute atomic E-state index is 0.00643. The van der Waals surface area contributed by atoms with E-state index in [1.807, 2.05) is 13.8 Å². The van der Waals surface area contributed by atoms with Gasteiger partial charge in [0.15, 0.2) is 0 Å². The van der Waals surface area contributed by atoms with Crippen LogP contribution < -0.4 is 21.7 Å². The number of phenols is 1. The molecule has 0 radical (unpaired) electrons. The van der Waals surface area contributed by atoms with Crippen molar-refractivity contribution in [3.63, 3.8) is 0 Å². The maximum Gasteiger partial charge on any atom is 0.326 e. The first-order valence-corrected chi connectivity index (χ1v) is 11.6. The molecule has 0 aliphatic heterocycles. The number of carbonyl (C=O) groups is 5. The van der Waals surface area contributed by atoms with E-state index in [1.165, 1.54) is 12.1 Å². The number of hydrogen-bond donors (Lipinski definition) is 7. The molecule has 0 unspecified atom stereocenters. The Morgan fingerprint density at radius 2 is 1.36 bits per heavy atom. The summed E-state index contributed by atoms with van der Waals surface area (Å²) in [4.78, 5) is 61.0. The van der Waals surface area contributed by atoms with Gasteiger partial charge in [0.25, 0.3) is 0 Å². The van der Waals surface area contributed by atoms with Gasteiger partial charge in [-0.05, 0) is 36.0 Å². The van der Waals surface area contributed by atoms with Gasteiger partial charge in [-0.2, -0.15) is 0 Å². The monoisotopic (exact) mass is 508 g/mol. The van der Waals surface area contributed by atoms with E-state index in [4.69, 9.17) is 10.8 Å². The van der Waals surface area contributed by atoms with Crippen LogP contribution in [0.15, 0.2) is 24.3 Å². The third kappa shape index (κ3) is 10.3. The normalized spacial score (nSPS) is 14.4. The van der Waals surface area contributed by atoms with Gasteiger partial charge in [-0.3, -0.25) is 19.2 Å². The summed E-state index contributed by atoms with van der Waals surface area (Å²) in [6, 6.07) is 1.03. The smallest absolute Gasteiger partial charge is 0.326 e. The largest absolute Gasteiger partial charge is 0.508 e. The Balaban J connectivity index is 3.16. The van der Waals surface area contributed by atoms with Crippen LogP contribution in [0.1, 0.15) is 46.1 Å². The Morgan fingerprint density at radius 1 is 0.833 bits per heavy atom. The van der Waals surface area contributed by atoms with Crippen LogP contribution in [0.25, 0.3) is 0 Å². The fourth-order valence-electron chi connectivity index (χ4n) is 3.38. The molecule has 12 heteroatoms. The maximum atomic E-state index is 13.2. The Bertz CT molecular complexity index is 933.